The lowest BCUT2D eigenvalue weighted by molar-refractivity contribution is 1.03. The highest BCUT2D eigenvalue weighted by Gasteiger charge is 2.25. The highest BCUT2D eigenvalue weighted by molar-refractivity contribution is 6.18. The van der Waals surface area contributed by atoms with Crippen molar-refractivity contribution in [2.45, 2.75) is 40.0 Å². The molecule has 0 unspecified atom stereocenters. The first-order valence-electron chi connectivity index (χ1n) is 10.7. The fourth-order valence-electron chi connectivity index (χ4n) is 4.35. The molecule has 5 aliphatic heterocycles. The van der Waals surface area contributed by atoms with E-state index in [4.69, 9.17) is 20.0 Å². The number of aliphatic imine (C=N–C) groups is 4. The topological polar surface area (TPSA) is 49.4 Å². The lowest BCUT2D eigenvalue weighted by atomic mass is 9.95. The summed E-state index contributed by atoms with van der Waals surface area (Å²) in [6, 6.07) is 0. The van der Waals surface area contributed by atoms with Gasteiger partial charge in [0.1, 0.15) is 0 Å². The van der Waals surface area contributed by atoms with Crippen LogP contribution in [0.3, 0.4) is 0 Å². The van der Waals surface area contributed by atoms with E-state index in [2.05, 4.69) is 39.0 Å². The van der Waals surface area contributed by atoms with Gasteiger partial charge < -0.3 is 0 Å². The maximum Gasteiger partial charge on any atom is 0.0725 e. The number of nitrogens with zero attached hydrogens (tertiary/aromatic N) is 4. The molecule has 4 heteroatoms. The summed E-state index contributed by atoms with van der Waals surface area (Å²) in [7, 11) is 0. The maximum atomic E-state index is 5.11. The van der Waals surface area contributed by atoms with Crippen LogP contribution in [-0.4, -0.2) is 22.8 Å². The van der Waals surface area contributed by atoms with Crippen LogP contribution < -0.4 is 0 Å². The molecular weight excluding hydrogens is 368 g/mol. The zero-order chi connectivity index (χ0) is 20.7. The molecular formula is C26H24N4. The molecule has 0 aliphatic carbocycles. The molecule has 0 aromatic carbocycles. The summed E-state index contributed by atoms with van der Waals surface area (Å²) in [6.07, 6.45) is 21.2. The minimum atomic E-state index is 0.884. The second kappa shape index (κ2) is 7.45. The Labute approximate surface area is 177 Å². The third-order valence-electron chi connectivity index (χ3n) is 5.75. The van der Waals surface area contributed by atoms with Gasteiger partial charge in [0.25, 0.3) is 0 Å². The summed E-state index contributed by atoms with van der Waals surface area (Å²) in [4.78, 5) is 19.5. The Morgan fingerprint density at radius 1 is 0.500 bits per heavy atom. The van der Waals surface area contributed by atoms with Gasteiger partial charge in [-0.05, 0) is 85.1 Å². The average molecular weight is 393 g/mol. The van der Waals surface area contributed by atoms with E-state index in [1.807, 2.05) is 36.5 Å². The molecule has 0 aromatic heterocycles. The molecule has 0 saturated heterocycles. The van der Waals surface area contributed by atoms with Crippen molar-refractivity contribution in [1.29, 1.82) is 0 Å². The zero-order valence-electron chi connectivity index (χ0n) is 17.6. The monoisotopic (exact) mass is 392 g/mol. The molecule has 30 heavy (non-hydrogen) atoms. The summed E-state index contributed by atoms with van der Waals surface area (Å²) in [5.41, 5.74) is 11.5. The van der Waals surface area contributed by atoms with Crippen LogP contribution in [0.4, 0.5) is 0 Å². The van der Waals surface area contributed by atoms with Crippen LogP contribution in [0, 0.1) is 0 Å². The first-order valence-corrected chi connectivity index (χ1v) is 10.7. The van der Waals surface area contributed by atoms with Crippen molar-refractivity contribution in [3.63, 3.8) is 0 Å². The summed E-state index contributed by atoms with van der Waals surface area (Å²) >= 11 is 0. The van der Waals surface area contributed by atoms with E-state index in [0.29, 0.717) is 0 Å². The lowest BCUT2D eigenvalue weighted by Gasteiger charge is -2.10. The molecule has 0 fully saturated rings. The van der Waals surface area contributed by atoms with E-state index < -0.39 is 0 Å². The molecule has 0 saturated carbocycles. The van der Waals surface area contributed by atoms with E-state index in [1.165, 1.54) is 16.7 Å². The Balaban J connectivity index is 1.75. The van der Waals surface area contributed by atoms with Crippen LogP contribution in [-0.2, 0) is 0 Å². The van der Waals surface area contributed by atoms with Crippen LogP contribution in [0.1, 0.15) is 40.0 Å². The summed E-state index contributed by atoms with van der Waals surface area (Å²) in [5, 5.41) is 0. The fourth-order valence-corrected chi connectivity index (χ4v) is 4.35. The van der Waals surface area contributed by atoms with Gasteiger partial charge in [0.15, 0.2) is 0 Å². The molecule has 0 N–H and O–H groups in total. The van der Waals surface area contributed by atoms with Gasteiger partial charge in [0.2, 0.25) is 0 Å². The largest absolute Gasteiger partial charge is 0.249 e. The molecule has 0 aromatic rings. The Hall–Kier alpha value is -3.40. The van der Waals surface area contributed by atoms with Gasteiger partial charge in [-0.3, -0.25) is 0 Å². The van der Waals surface area contributed by atoms with Crippen LogP contribution >= 0.6 is 0 Å². The first-order chi connectivity index (χ1) is 14.7. The number of allylic oxidation sites excluding steroid dienone is 12. The van der Waals surface area contributed by atoms with Crippen LogP contribution in [0.2, 0.25) is 0 Å². The van der Waals surface area contributed by atoms with E-state index in [1.54, 1.807) is 0 Å². The van der Waals surface area contributed by atoms with Crippen molar-refractivity contribution in [2.24, 2.45) is 20.0 Å². The van der Waals surface area contributed by atoms with Gasteiger partial charge in [-0.25, -0.2) is 20.0 Å². The second-order valence-electron chi connectivity index (χ2n) is 7.62. The van der Waals surface area contributed by atoms with Gasteiger partial charge in [-0.1, -0.05) is 20.8 Å². The summed E-state index contributed by atoms with van der Waals surface area (Å²) in [5.74, 6) is 0. The van der Waals surface area contributed by atoms with E-state index >= 15 is 0 Å². The highest BCUT2D eigenvalue weighted by atomic mass is 14.9. The van der Waals surface area contributed by atoms with E-state index in [-0.39, 0.29) is 0 Å². The van der Waals surface area contributed by atoms with Crippen LogP contribution in [0.25, 0.3) is 0 Å². The second-order valence-corrected chi connectivity index (χ2v) is 7.62. The van der Waals surface area contributed by atoms with E-state index in [0.717, 1.165) is 64.9 Å². The number of fused-ring (bicyclic) bond motifs is 4. The average Bonchev–Trinajstić information content (AvgIpc) is 3.52. The van der Waals surface area contributed by atoms with Gasteiger partial charge in [-0.15, -0.1) is 0 Å². The van der Waals surface area contributed by atoms with Crippen molar-refractivity contribution in [1.82, 2.24) is 0 Å². The maximum absolute atomic E-state index is 5.11. The molecule has 0 spiro atoms. The Bertz CT molecular complexity index is 1210. The number of rotatable bonds is 3. The summed E-state index contributed by atoms with van der Waals surface area (Å²) < 4.78 is 0. The van der Waals surface area contributed by atoms with Crippen molar-refractivity contribution in [3.8, 4) is 0 Å². The Morgan fingerprint density at radius 2 is 1.07 bits per heavy atom. The lowest BCUT2D eigenvalue weighted by Crippen LogP contribution is -2.01. The predicted octanol–water partition coefficient (Wildman–Crippen LogP) is 5.92. The standard InChI is InChI=1S/C26H24N4/c1-4-21-22(5-2)26-23(6-3)24-12-11-19(29-24)14-18-8-7-16(27-18)13-17-9-10-20(28-17)15-25(21)30-26/h7-15H,4-6H2,1-3H3. The first kappa shape index (κ1) is 18.6. The van der Waals surface area contributed by atoms with Gasteiger partial charge in [-0.2, -0.15) is 0 Å². The molecule has 5 rings (SSSR count). The molecule has 0 amide bonds. The molecule has 148 valence electrons. The van der Waals surface area contributed by atoms with Crippen molar-refractivity contribution in [2.75, 3.05) is 0 Å². The molecule has 0 atom stereocenters. The molecule has 0 radical (unpaired) electrons. The van der Waals surface area contributed by atoms with Crippen LogP contribution in [0.15, 0.2) is 114 Å². The third kappa shape index (κ3) is 3.18. The van der Waals surface area contributed by atoms with Gasteiger partial charge in [0, 0.05) is 5.57 Å². The van der Waals surface area contributed by atoms with Crippen molar-refractivity contribution in [3.05, 3.63) is 94.2 Å². The van der Waals surface area contributed by atoms with Gasteiger partial charge >= 0.3 is 0 Å². The highest BCUT2D eigenvalue weighted by Crippen LogP contribution is 2.35. The molecule has 5 aliphatic rings. The third-order valence-corrected chi connectivity index (χ3v) is 5.75. The zero-order valence-corrected chi connectivity index (χ0v) is 17.6. The van der Waals surface area contributed by atoms with E-state index in [9.17, 15) is 0 Å². The minimum absolute atomic E-state index is 0.884. The Kier molecular flexibility index (Phi) is 4.62. The predicted molar refractivity (Wildman–Crippen MR) is 126 cm³/mol. The van der Waals surface area contributed by atoms with Gasteiger partial charge in [0.05, 0.1) is 45.6 Å². The number of hydrogen-bond acceptors (Lipinski definition) is 4. The smallest absolute Gasteiger partial charge is 0.0725 e. The fraction of sp³-hybridized carbons (Fsp3) is 0.231. The quantitative estimate of drug-likeness (QED) is 0.572. The number of hydrogen-bond donors (Lipinski definition) is 0. The van der Waals surface area contributed by atoms with Crippen LogP contribution in [0.5, 0.6) is 0 Å². The Morgan fingerprint density at radius 3 is 1.70 bits per heavy atom. The minimum Gasteiger partial charge on any atom is -0.249 e. The molecule has 8 bridgehead atoms. The summed E-state index contributed by atoms with van der Waals surface area (Å²) in [6.45, 7) is 6.60. The molecule has 5 heterocycles. The SMILES string of the molecule is CCC1=C(CC)C2=C(CC)C3=NC(=CC4=NC(=CC5=NC(=CC1=N2)C=C5)C=C4)C=C3. The van der Waals surface area contributed by atoms with Crippen molar-refractivity contribution < 1.29 is 0 Å². The normalized spacial score (nSPS) is 21.6. The molecule has 4 nitrogen and oxygen atoms in total. The van der Waals surface area contributed by atoms with Crippen molar-refractivity contribution >= 4 is 22.8 Å².